The van der Waals surface area contributed by atoms with Crippen LogP contribution in [-0.2, 0) is 0 Å². The van der Waals surface area contributed by atoms with E-state index in [0.717, 1.165) is 5.70 Å². The van der Waals surface area contributed by atoms with Crippen LogP contribution in [0.5, 0.6) is 0 Å². The monoisotopic (exact) mass is 128 g/mol. The first-order chi connectivity index (χ1) is 4.02. The number of nitrogens with one attached hydrogen (secondary N) is 1. The van der Waals surface area contributed by atoms with Crippen LogP contribution in [0.25, 0.3) is 0 Å². The van der Waals surface area contributed by atoms with Gasteiger partial charge in [0.25, 0.3) is 0 Å². The van der Waals surface area contributed by atoms with Crippen LogP contribution in [0.2, 0.25) is 0 Å². The van der Waals surface area contributed by atoms with Gasteiger partial charge in [-0.1, -0.05) is 20.8 Å². The molecule has 0 aromatic rings. The van der Waals surface area contributed by atoms with Crippen LogP contribution < -0.4 is 11.1 Å². The summed E-state index contributed by atoms with van der Waals surface area (Å²) in [6, 6.07) is 0. The van der Waals surface area contributed by atoms with Gasteiger partial charge in [0.05, 0.1) is 0 Å². The summed E-state index contributed by atoms with van der Waals surface area (Å²) in [7, 11) is 1.88. The number of hydrogen-bond acceptors (Lipinski definition) is 2. The Hall–Kier alpha value is -0.660. The second-order valence-electron chi connectivity index (χ2n) is 3.08. The molecular weight excluding hydrogens is 112 g/mol. The zero-order valence-electron chi connectivity index (χ0n) is 6.65. The van der Waals surface area contributed by atoms with E-state index in [4.69, 9.17) is 5.73 Å². The first kappa shape index (κ1) is 8.34. The Morgan fingerprint density at radius 2 is 1.89 bits per heavy atom. The van der Waals surface area contributed by atoms with Gasteiger partial charge in [0, 0.05) is 24.4 Å². The van der Waals surface area contributed by atoms with Gasteiger partial charge in [0.15, 0.2) is 0 Å². The van der Waals surface area contributed by atoms with Crippen molar-refractivity contribution in [2.45, 2.75) is 20.8 Å². The summed E-state index contributed by atoms with van der Waals surface area (Å²) in [6.45, 7) is 6.34. The van der Waals surface area contributed by atoms with E-state index >= 15 is 0 Å². The molecule has 54 valence electrons. The van der Waals surface area contributed by atoms with E-state index in [1.807, 2.05) is 7.05 Å². The lowest BCUT2D eigenvalue weighted by Crippen LogP contribution is -2.22. The lowest BCUT2D eigenvalue weighted by molar-refractivity contribution is 0.471. The third-order valence-electron chi connectivity index (χ3n) is 1.24. The minimum Gasteiger partial charge on any atom is -0.403 e. The molecule has 0 amide bonds. The minimum atomic E-state index is 0.142. The Morgan fingerprint density at radius 1 is 1.44 bits per heavy atom. The van der Waals surface area contributed by atoms with Gasteiger partial charge in [0.1, 0.15) is 0 Å². The van der Waals surface area contributed by atoms with Crippen LogP contribution in [0.4, 0.5) is 0 Å². The fourth-order valence-corrected chi connectivity index (χ4v) is 0.708. The molecule has 0 rings (SSSR count). The van der Waals surface area contributed by atoms with Crippen molar-refractivity contribution in [3.63, 3.8) is 0 Å². The van der Waals surface area contributed by atoms with Crippen LogP contribution in [0.3, 0.4) is 0 Å². The van der Waals surface area contributed by atoms with Crippen LogP contribution in [0.1, 0.15) is 20.8 Å². The summed E-state index contributed by atoms with van der Waals surface area (Å²) < 4.78 is 0. The highest BCUT2D eigenvalue weighted by atomic mass is 14.9. The van der Waals surface area contributed by atoms with Gasteiger partial charge in [-0.05, 0) is 0 Å². The van der Waals surface area contributed by atoms with Crippen LogP contribution in [0, 0.1) is 5.41 Å². The molecule has 0 spiro atoms. The number of allylic oxidation sites excluding steroid dienone is 1. The zero-order valence-corrected chi connectivity index (χ0v) is 6.65. The maximum absolute atomic E-state index is 5.34. The van der Waals surface area contributed by atoms with Crippen LogP contribution >= 0.6 is 0 Å². The van der Waals surface area contributed by atoms with E-state index in [-0.39, 0.29) is 5.41 Å². The Labute approximate surface area is 57.1 Å². The molecule has 0 unspecified atom stereocenters. The number of hydrogen-bond donors (Lipinski definition) is 2. The van der Waals surface area contributed by atoms with E-state index in [1.165, 1.54) is 0 Å². The first-order valence-corrected chi connectivity index (χ1v) is 3.12. The normalized spacial score (nSPS) is 13.6. The molecule has 0 bridgehead atoms. The molecule has 0 fully saturated rings. The highest BCUT2D eigenvalue weighted by Gasteiger charge is 2.14. The fraction of sp³-hybridized carbons (Fsp3) is 0.714. The van der Waals surface area contributed by atoms with E-state index < -0.39 is 0 Å². The van der Waals surface area contributed by atoms with E-state index in [0.29, 0.717) is 0 Å². The van der Waals surface area contributed by atoms with Crippen molar-refractivity contribution in [2.24, 2.45) is 11.1 Å². The van der Waals surface area contributed by atoms with Gasteiger partial charge < -0.3 is 11.1 Å². The SMILES string of the molecule is CN/C(=C\N)C(C)(C)C. The molecule has 2 nitrogen and oxygen atoms in total. The summed E-state index contributed by atoms with van der Waals surface area (Å²) >= 11 is 0. The molecule has 0 aromatic carbocycles. The average molecular weight is 128 g/mol. The highest BCUT2D eigenvalue weighted by molar-refractivity contribution is 5.05. The molecule has 0 saturated carbocycles. The lowest BCUT2D eigenvalue weighted by Gasteiger charge is -2.21. The summed E-state index contributed by atoms with van der Waals surface area (Å²) in [5.41, 5.74) is 6.56. The largest absolute Gasteiger partial charge is 0.403 e. The topological polar surface area (TPSA) is 38.0 Å². The Bertz CT molecular complexity index is 109. The second-order valence-corrected chi connectivity index (χ2v) is 3.08. The number of rotatable bonds is 1. The van der Waals surface area contributed by atoms with Crippen molar-refractivity contribution >= 4 is 0 Å². The standard InChI is InChI=1S/C7H16N2/c1-7(2,3)6(5-8)9-4/h5,9H,8H2,1-4H3/b6-5-. The maximum atomic E-state index is 5.34. The summed E-state index contributed by atoms with van der Waals surface area (Å²) in [5.74, 6) is 0. The van der Waals surface area contributed by atoms with Crippen molar-refractivity contribution in [1.82, 2.24) is 5.32 Å². The van der Waals surface area contributed by atoms with Gasteiger partial charge in [0.2, 0.25) is 0 Å². The van der Waals surface area contributed by atoms with E-state index in [2.05, 4.69) is 26.1 Å². The van der Waals surface area contributed by atoms with E-state index in [1.54, 1.807) is 6.20 Å². The van der Waals surface area contributed by atoms with Crippen molar-refractivity contribution in [1.29, 1.82) is 0 Å². The van der Waals surface area contributed by atoms with Crippen LogP contribution in [-0.4, -0.2) is 7.05 Å². The smallest absolute Gasteiger partial charge is 0.0316 e. The molecule has 3 N–H and O–H groups in total. The van der Waals surface area contributed by atoms with Crippen molar-refractivity contribution in [3.8, 4) is 0 Å². The average Bonchev–Trinajstić information content (AvgIpc) is 1.65. The molecule has 0 radical (unpaired) electrons. The Kier molecular flexibility index (Phi) is 2.56. The quantitative estimate of drug-likeness (QED) is 0.554. The Balaban J connectivity index is 4.14. The van der Waals surface area contributed by atoms with Gasteiger partial charge in [-0.15, -0.1) is 0 Å². The third kappa shape index (κ3) is 2.40. The molecule has 2 heteroatoms. The molecule has 0 heterocycles. The summed E-state index contributed by atoms with van der Waals surface area (Å²) in [4.78, 5) is 0. The minimum absolute atomic E-state index is 0.142. The molecule has 0 atom stereocenters. The second kappa shape index (κ2) is 2.76. The molecule has 0 aromatic heterocycles. The van der Waals surface area contributed by atoms with Crippen molar-refractivity contribution < 1.29 is 0 Å². The van der Waals surface area contributed by atoms with Gasteiger partial charge in [-0.3, -0.25) is 0 Å². The third-order valence-corrected chi connectivity index (χ3v) is 1.24. The lowest BCUT2D eigenvalue weighted by atomic mass is 9.93. The zero-order chi connectivity index (χ0) is 7.49. The number of nitrogens with two attached hydrogens (primary N) is 1. The van der Waals surface area contributed by atoms with Crippen molar-refractivity contribution in [2.75, 3.05) is 7.05 Å². The van der Waals surface area contributed by atoms with Crippen molar-refractivity contribution in [3.05, 3.63) is 11.9 Å². The highest BCUT2D eigenvalue weighted by Crippen LogP contribution is 2.20. The molecule has 0 aliphatic rings. The van der Waals surface area contributed by atoms with Gasteiger partial charge in [-0.2, -0.15) is 0 Å². The predicted octanol–water partition coefficient (Wildman–Crippen LogP) is 1.05. The fourth-order valence-electron chi connectivity index (χ4n) is 0.708. The molecule has 0 saturated heterocycles. The predicted molar refractivity (Wildman–Crippen MR) is 40.8 cm³/mol. The van der Waals surface area contributed by atoms with Gasteiger partial charge >= 0.3 is 0 Å². The first-order valence-electron chi connectivity index (χ1n) is 3.12. The van der Waals surface area contributed by atoms with E-state index in [9.17, 15) is 0 Å². The Morgan fingerprint density at radius 3 is 1.89 bits per heavy atom. The molecule has 0 aliphatic carbocycles. The molecule has 9 heavy (non-hydrogen) atoms. The van der Waals surface area contributed by atoms with Gasteiger partial charge in [-0.25, -0.2) is 0 Å². The van der Waals surface area contributed by atoms with Crippen LogP contribution in [0.15, 0.2) is 11.9 Å². The molecular formula is C7H16N2. The summed E-state index contributed by atoms with van der Waals surface area (Å²) in [5, 5.41) is 3.03. The molecule has 0 aliphatic heterocycles. The maximum Gasteiger partial charge on any atom is 0.0316 e. The summed E-state index contributed by atoms with van der Waals surface area (Å²) in [6.07, 6.45) is 1.61.